The first-order valence-electron chi connectivity index (χ1n) is 6.81. The summed E-state index contributed by atoms with van der Waals surface area (Å²) in [5.41, 5.74) is 0.463. The number of rotatable bonds is 6. The average molecular weight is 252 g/mol. The van der Waals surface area contributed by atoms with E-state index in [-0.39, 0.29) is 11.8 Å². The number of Topliss-reactive ketones (excluding diaryl/α,β-unsaturated/α-hetero) is 1. The van der Waals surface area contributed by atoms with E-state index in [1.165, 1.54) is 0 Å². The largest absolute Gasteiger partial charge is 0.462 e. The summed E-state index contributed by atoms with van der Waals surface area (Å²) in [4.78, 5) is 22.2. The number of carbonyl (C=O) groups is 2. The van der Waals surface area contributed by atoms with Crippen LogP contribution in [0.5, 0.6) is 0 Å². The zero-order valence-electron chi connectivity index (χ0n) is 11.5. The molecule has 0 aromatic heterocycles. The fourth-order valence-electron chi connectivity index (χ4n) is 2.41. The van der Waals surface area contributed by atoms with Crippen molar-refractivity contribution in [1.29, 1.82) is 0 Å². The Balaban J connectivity index is 2.17. The van der Waals surface area contributed by atoms with Gasteiger partial charge < -0.3 is 9.53 Å². The van der Waals surface area contributed by atoms with Crippen LogP contribution >= 0.6 is 0 Å². The first-order chi connectivity index (χ1) is 8.49. The van der Waals surface area contributed by atoms with Crippen molar-refractivity contribution in [2.75, 3.05) is 6.61 Å². The van der Waals surface area contributed by atoms with Gasteiger partial charge in [0.2, 0.25) is 0 Å². The molecule has 3 nitrogen and oxygen atoms in total. The topological polar surface area (TPSA) is 43.4 Å². The van der Waals surface area contributed by atoms with Crippen LogP contribution in [-0.4, -0.2) is 18.4 Å². The van der Waals surface area contributed by atoms with E-state index in [9.17, 15) is 9.59 Å². The maximum Gasteiger partial charge on any atom is 0.333 e. The highest BCUT2D eigenvalue weighted by Crippen LogP contribution is 2.31. The molecule has 3 heteroatoms. The number of ether oxygens (including phenoxy) is 1. The molecule has 0 atom stereocenters. The van der Waals surface area contributed by atoms with Crippen LogP contribution in [0.15, 0.2) is 12.2 Å². The van der Waals surface area contributed by atoms with Gasteiger partial charge in [-0.1, -0.05) is 19.4 Å². The van der Waals surface area contributed by atoms with Crippen LogP contribution < -0.4 is 0 Å². The first kappa shape index (κ1) is 14.9. The van der Waals surface area contributed by atoms with Gasteiger partial charge in [0.15, 0.2) is 0 Å². The van der Waals surface area contributed by atoms with Crippen molar-refractivity contribution >= 4 is 11.8 Å². The smallest absolute Gasteiger partial charge is 0.333 e. The molecule has 0 unspecified atom stereocenters. The Bertz CT molecular complexity index is 312. The standard InChI is InChI=1S/C15H24O3/c1-11(2)15(17)18-10-14-8-6-13(7-9-14)5-4-12(3)16/h13-14H,1,4-10H2,2-3H3. The molecule has 0 bridgehead atoms. The summed E-state index contributed by atoms with van der Waals surface area (Å²) in [6, 6.07) is 0. The van der Waals surface area contributed by atoms with Crippen LogP contribution in [0, 0.1) is 11.8 Å². The third-order valence-corrected chi connectivity index (χ3v) is 3.67. The predicted octanol–water partition coefficient (Wildman–Crippen LogP) is 3.28. The number of esters is 1. The van der Waals surface area contributed by atoms with Gasteiger partial charge in [0, 0.05) is 12.0 Å². The van der Waals surface area contributed by atoms with E-state index in [2.05, 4.69) is 6.58 Å². The summed E-state index contributed by atoms with van der Waals surface area (Å²) in [5.74, 6) is 1.17. The molecule has 1 fully saturated rings. The van der Waals surface area contributed by atoms with E-state index < -0.39 is 0 Å². The van der Waals surface area contributed by atoms with Gasteiger partial charge in [-0.05, 0) is 44.9 Å². The summed E-state index contributed by atoms with van der Waals surface area (Å²) < 4.78 is 5.18. The van der Waals surface area contributed by atoms with Crippen molar-refractivity contribution in [3.63, 3.8) is 0 Å². The lowest BCUT2D eigenvalue weighted by Gasteiger charge is -2.28. The van der Waals surface area contributed by atoms with Gasteiger partial charge >= 0.3 is 5.97 Å². The molecule has 0 N–H and O–H groups in total. The summed E-state index contributed by atoms with van der Waals surface area (Å²) in [7, 11) is 0. The molecule has 0 aromatic carbocycles. The van der Waals surface area contributed by atoms with Crippen LogP contribution in [0.4, 0.5) is 0 Å². The summed E-state index contributed by atoms with van der Waals surface area (Å²) in [5, 5.41) is 0. The summed E-state index contributed by atoms with van der Waals surface area (Å²) in [6.45, 7) is 7.41. The van der Waals surface area contributed by atoms with E-state index in [0.29, 0.717) is 30.4 Å². The Labute approximate surface area is 110 Å². The van der Waals surface area contributed by atoms with Gasteiger partial charge in [-0.3, -0.25) is 0 Å². The lowest BCUT2D eigenvalue weighted by molar-refractivity contribution is -0.140. The van der Waals surface area contributed by atoms with Crippen LogP contribution in [0.3, 0.4) is 0 Å². The molecule has 1 aliphatic rings. The fourth-order valence-corrected chi connectivity index (χ4v) is 2.41. The molecule has 1 rings (SSSR count). The Kier molecular flexibility index (Phi) is 6.10. The van der Waals surface area contributed by atoms with Gasteiger partial charge in [-0.25, -0.2) is 4.79 Å². The van der Waals surface area contributed by atoms with Crippen molar-refractivity contribution in [3.8, 4) is 0 Å². The highest BCUT2D eigenvalue weighted by Gasteiger charge is 2.22. The van der Waals surface area contributed by atoms with E-state index in [4.69, 9.17) is 4.74 Å². The second kappa shape index (κ2) is 7.34. The van der Waals surface area contributed by atoms with E-state index in [0.717, 1.165) is 32.1 Å². The molecule has 0 spiro atoms. The maximum atomic E-state index is 11.3. The van der Waals surface area contributed by atoms with Crippen LogP contribution in [0.1, 0.15) is 52.4 Å². The minimum atomic E-state index is -0.284. The summed E-state index contributed by atoms with van der Waals surface area (Å²) >= 11 is 0. The highest BCUT2D eigenvalue weighted by molar-refractivity contribution is 5.86. The summed E-state index contributed by atoms with van der Waals surface area (Å²) in [6.07, 6.45) is 6.25. The van der Waals surface area contributed by atoms with Crippen molar-refractivity contribution in [1.82, 2.24) is 0 Å². The zero-order chi connectivity index (χ0) is 13.5. The third kappa shape index (κ3) is 5.48. The molecule has 18 heavy (non-hydrogen) atoms. The van der Waals surface area contributed by atoms with E-state index in [1.54, 1.807) is 13.8 Å². The minimum absolute atomic E-state index is 0.284. The maximum absolute atomic E-state index is 11.3. The van der Waals surface area contributed by atoms with E-state index in [1.807, 2.05) is 0 Å². The van der Waals surface area contributed by atoms with Crippen LogP contribution in [0.25, 0.3) is 0 Å². The minimum Gasteiger partial charge on any atom is -0.462 e. The number of ketones is 1. The SMILES string of the molecule is C=C(C)C(=O)OCC1CCC(CCC(C)=O)CC1. The quantitative estimate of drug-likeness (QED) is 0.538. The van der Waals surface area contributed by atoms with Gasteiger partial charge in [-0.2, -0.15) is 0 Å². The van der Waals surface area contributed by atoms with Gasteiger partial charge in [-0.15, -0.1) is 0 Å². The monoisotopic (exact) mass is 252 g/mol. The zero-order valence-corrected chi connectivity index (χ0v) is 11.5. The fraction of sp³-hybridized carbons (Fsp3) is 0.733. The molecular formula is C15H24O3. The first-order valence-corrected chi connectivity index (χ1v) is 6.81. The molecule has 0 aromatic rings. The van der Waals surface area contributed by atoms with Crippen molar-refractivity contribution in [2.24, 2.45) is 11.8 Å². The number of hydrogen-bond donors (Lipinski definition) is 0. The van der Waals surface area contributed by atoms with Crippen molar-refractivity contribution < 1.29 is 14.3 Å². The van der Waals surface area contributed by atoms with Crippen molar-refractivity contribution in [3.05, 3.63) is 12.2 Å². The molecule has 0 aliphatic heterocycles. The predicted molar refractivity (Wildman–Crippen MR) is 71.1 cm³/mol. The Hall–Kier alpha value is -1.12. The van der Waals surface area contributed by atoms with Crippen LogP contribution in [-0.2, 0) is 14.3 Å². The molecular weight excluding hydrogens is 228 g/mol. The van der Waals surface area contributed by atoms with E-state index >= 15 is 0 Å². The Morgan fingerprint density at radius 3 is 2.17 bits per heavy atom. The number of carbonyl (C=O) groups excluding carboxylic acids is 2. The Morgan fingerprint density at radius 2 is 1.67 bits per heavy atom. The van der Waals surface area contributed by atoms with Crippen molar-refractivity contribution in [2.45, 2.75) is 52.4 Å². The second-order valence-corrected chi connectivity index (χ2v) is 5.51. The van der Waals surface area contributed by atoms with Gasteiger partial charge in [0.1, 0.15) is 5.78 Å². The lowest BCUT2D eigenvalue weighted by Crippen LogP contribution is -2.21. The average Bonchev–Trinajstić information content (AvgIpc) is 2.34. The van der Waals surface area contributed by atoms with Gasteiger partial charge in [0.05, 0.1) is 6.61 Å². The normalized spacial score (nSPS) is 23.4. The second-order valence-electron chi connectivity index (χ2n) is 5.51. The Morgan fingerprint density at radius 1 is 1.11 bits per heavy atom. The lowest BCUT2D eigenvalue weighted by atomic mass is 9.80. The molecule has 0 amide bonds. The third-order valence-electron chi connectivity index (χ3n) is 3.67. The highest BCUT2D eigenvalue weighted by atomic mass is 16.5. The number of hydrogen-bond acceptors (Lipinski definition) is 3. The molecule has 0 heterocycles. The molecule has 1 saturated carbocycles. The van der Waals surface area contributed by atoms with Crippen LogP contribution in [0.2, 0.25) is 0 Å². The molecule has 0 saturated heterocycles. The molecule has 1 aliphatic carbocycles. The molecule has 102 valence electrons. The molecule has 0 radical (unpaired) electrons. The van der Waals surface area contributed by atoms with Gasteiger partial charge in [0.25, 0.3) is 0 Å².